The zero-order valence-electron chi connectivity index (χ0n) is 11.7. The van der Waals surface area contributed by atoms with Crippen molar-refractivity contribution in [2.75, 3.05) is 46.3 Å². The number of hydrogen-bond acceptors (Lipinski definition) is 6. The maximum atomic E-state index is 12.1. The summed E-state index contributed by atoms with van der Waals surface area (Å²) in [4.78, 5) is 17.8. The summed E-state index contributed by atoms with van der Waals surface area (Å²) in [6.45, 7) is 6.55. The standard InChI is InChI=1S/C11H20N4O3S2/c1-9-10(19-11(16)13-9)20(17,18)12-3-4-15-7-5-14(2)6-8-15/h12H,3-8H2,1-2H3,(H,13,16). The number of H-pyrrole nitrogens is 1. The molecule has 0 amide bonds. The Morgan fingerprint density at radius 2 is 1.95 bits per heavy atom. The van der Waals surface area contributed by atoms with Crippen molar-refractivity contribution < 1.29 is 8.42 Å². The van der Waals surface area contributed by atoms with E-state index in [9.17, 15) is 13.2 Å². The summed E-state index contributed by atoms with van der Waals surface area (Å²) in [7, 11) is -1.50. The van der Waals surface area contributed by atoms with E-state index in [0.29, 0.717) is 18.8 Å². The van der Waals surface area contributed by atoms with Crippen molar-refractivity contribution in [3.05, 3.63) is 15.4 Å². The molecule has 0 saturated carbocycles. The third-order valence-corrected chi connectivity index (χ3v) is 6.41. The number of aryl methyl sites for hydroxylation is 1. The first-order valence-electron chi connectivity index (χ1n) is 6.49. The molecule has 0 aliphatic carbocycles. The molecule has 1 aliphatic rings. The van der Waals surface area contributed by atoms with Gasteiger partial charge in [0, 0.05) is 45.0 Å². The summed E-state index contributed by atoms with van der Waals surface area (Å²) >= 11 is 0.726. The Bertz CT molecular complexity index is 599. The summed E-state index contributed by atoms with van der Waals surface area (Å²) in [6, 6.07) is 0. The SMILES string of the molecule is Cc1[nH]c(=O)sc1S(=O)(=O)NCCN1CCN(C)CC1. The summed E-state index contributed by atoms with van der Waals surface area (Å²) in [5.74, 6) is 0. The molecule has 0 atom stereocenters. The van der Waals surface area contributed by atoms with Crippen LogP contribution in [-0.2, 0) is 10.0 Å². The van der Waals surface area contributed by atoms with Gasteiger partial charge in [-0.05, 0) is 14.0 Å². The highest BCUT2D eigenvalue weighted by Crippen LogP contribution is 2.15. The van der Waals surface area contributed by atoms with Crippen LogP contribution in [0, 0.1) is 6.92 Å². The Labute approximate surface area is 122 Å². The minimum Gasteiger partial charge on any atom is -0.315 e. The Hall–Kier alpha value is -0.740. The number of aromatic nitrogens is 1. The van der Waals surface area contributed by atoms with Gasteiger partial charge in [-0.1, -0.05) is 11.3 Å². The second-order valence-corrected chi connectivity index (χ2v) is 7.92. The molecular formula is C11H20N4O3S2. The largest absolute Gasteiger partial charge is 0.315 e. The van der Waals surface area contributed by atoms with Gasteiger partial charge in [0.1, 0.15) is 0 Å². The van der Waals surface area contributed by atoms with Gasteiger partial charge in [0.2, 0.25) is 0 Å². The Balaban J connectivity index is 1.87. The van der Waals surface area contributed by atoms with Gasteiger partial charge >= 0.3 is 4.87 Å². The molecule has 0 spiro atoms. The minimum absolute atomic E-state index is 0.0841. The van der Waals surface area contributed by atoms with Crippen LogP contribution in [0.15, 0.2) is 9.00 Å². The lowest BCUT2D eigenvalue weighted by molar-refractivity contribution is 0.156. The van der Waals surface area contributed by atoms with E-state index >= 15 is 0 Å². The van der Waals surface area contributed by atoms with Crippen LogP contribution in [0.1, 0.15) is 5.69 Å². The summed E-state index contributed by atoms with van der Waals surface area (Å²) in [5, 5.41) is 0. The Kier molecular flexibility index (Phi) is 4.97. The van der Waals surface area contributed by atoms with Crippen molar-refractivity contribution >= 4 is 21.4 Å². The molecule has 2 heterocycles. The number of likely N-dealkylation sites (N-methyl/N-ethyl adjacent to an activating group) is 1. The van der Waals surface area contributed by atoms with E-state index in [1.165, 1.54) is 0 Å². The number of nitrogens with zero attached hydrogens (tertiary/aromatic N) is 2. The summed E-state index contributed by atoms with van der Waals surface area (Å²) in [5.41, 5.74) is 0.395. The third kappa shape index (κ3) is 3.89. The summed E-state index contributed by atoms with van der Waals surface area (Å²) < 4.78 is 26.8. The van der Waals surface area contributed by atoms with E-state index in [4.69, 9.17) is 0 Å². The van der Waals surface area contributed by atoms with Crippen molar-refractivity contribution in [2.24, 2.45) is 0 Å². The van der Waals surface area contributed by atoms with E-state index in [0.717, 1.165) is 37.5 Å². The molecule has 1 saturated heterocycles. The average molecular weight is 320 g/mol. The van der Waals surface area contributed by atoms with Gasteiger partial charge in [-0.3, -0.25) is 9.69 Å². The predicted octanol–water partition coefficient (Wildman–Crippen LogP) is -0.729. The average Bonchev–Trinajstić information content (AvgIpc) is 2.72. The molecule has 2 N–H and O–H groups in total. The number of thiazole rings is 1. The van der Waals surface area contributed by atoms with E-state index in [1.807, 2.05) is 0 Å². The molecule has 2 rings (SSSR count). The van der Waals surface area contributed by atoms with Crippen molar-refractivity contribution in [1.29, 1.82) is 0 Å². The maximum Gasteiger partial charge on any atom is 0.305 e. The van der Waals surface area contributed by atoms with Crippen molar-refractivity contribution in [3.8, 4) is 0 Å². The molecule has 1 aromatic heterocycles. The van der Waals surface area contributed by atoms with Gasteiger partial charge in [0.15, 0.2) is 4.21 Å². The van der Waals surface area contributed by atoms with Crippen LogP contribution < -0.4 is 9.60 Å². The lowest BCUT2D eigenvalue weighted by Gasteiger charge is -2.32. The topological polar surface area (TPSA) is 85.5 Å². The molecule has 114 valence electrons. The fourth-order valence-corrected chi connectivity index (χ4v) is 4.49. The quantitative estimate of drug-likeness (QED) is 0.747. The highest BCUT2D eigenvalue weighted by molar-refractivity contribution is 7.91. The molecule has 1 fully saturated rings. The van der Waals surface area contributed by atoms with Crippen LogP contribution in [0.3, 0.4) is 0 Å². The van der Waals surface area contributed by atoms with Gasteiger partial charge in [0.25, 0.3) is 10.0 Å². The zero-order valence-corrected chi connectivity index (χ0v) is 13.3. The summed E-state index contributed by atoms with van der Waals surface area (Å²) in [6.07, 6.45) is 0. The van der Waals surface area contributed by atoms with Crippen LogP contribution >= 0.6 is 11.3 Å². The number of aromatic amines is 1. The van der Waals surface area contributed by atoms with Gasteiger partial charge in [-0.15, -0.1) is 0 Å². The smallest absolute Gasteiger partial charge is 0.305 e. The minimum atomic E-state index is -3.58. The number of hydrogen-bond donors (Lipinski definition) is 2. The lowest BCUT2D eigenvalue weighted by atomic mass is 10.3. The first-order valence-corrected chi connectivity index (χ1v) is 8.79. The highest BCUT2D eigenvalue weighted by atomic mass is 32.2. The molecule has 1 aliphatic heterocycles. The van der Waals surface area contributed by atoms with E-state index in [-0.39, 0.29) is 9.08 Å². The molecule has 20 heavy (non-hydrogen) atoms. The van der Waals surface area contributed by atoms with Crippen LogP contribution in [-0.4, -0.2) is 69.5 Å². The number of piperazine rings is 1. The molecule has 0 bridgehead atoms. The molecule has 9 heteroatoms. The van der Waals surface area contributed by atoms with E-state index in [2.05, 4.69) is 26.6 Å². The zero-order chi connectivity index (χ0) is 14.8. The Morgan fingerprint density at radius 3 is 2.50 bits per heavy atom. The van der Waals surface area contributed by atoms with Crippen LogP contribution in [0.2, 0.25) is 0 Å². The van der Waals surface area contributed by atoms with Crippen LogP contribution in [0.4, 0.5) is 0 Å². The van der Waals surface area contributed by atoms with Crippen LogP contribution in [0.5, 0.6) is 0 Å². The van der Waals surface area contributed by atoms with Crippen molar-refractivity contribution in [2.45, 2.75) is 11.1 Å². The van der Waals surface area contributed by atoms with Gasteiger partial charge in [-0.2, -0.15) is 0 Å². The third-order valence-electron chi connectivity index (χ3n) is 3.34. The highest BCUT2D eigenvalue weighted by Gasteiger charge is 2.21. The number of nitrogens with one attached hydrogen (secondary N) is 2. The number of sulfonamides is 1. The fraction of sp³-hybridized carbons (Fsp3) is 0.727. The predicted molar refractivity (Wildman–Crippen MR) is 78.8 cm³/mol. The first kappa shape index (κ1) is 15.6. The molecule has 0 unspecified atom stereocenters. The Morgan fingerprint density at radius 1 is 1.30 bits per heavy atom. The normalized spacial score (nSPS) is 18.5. The van der Waals surface area contributed by atoms with Gasteiger partial charge < -0.3 is 9.88 Å². The van der Waals surface area contributed by atoms with Crippen LogP contribution in [0.25, 0.3) is 0 Å². The lowest BCUT2D eigenvalue weighted by Crippen LogP contribution is -2.46. The maximum absolute atomic E-state index is 12.1. The molecular weight excluding hydrogens is 300 g/mol. The van der Waals surface area contributed by atoms with E-state index < -0.39 is 10.0 Å². The molecule has 7 nitrogen and oxygen atoms in total. The van der Waals surface area contributed by atoms with Crippen molar-refractivity contribution in [3.63, 3.8) is 0 Å². The fourth-order valence-electron chi connectivity index (χ4n) is 2.12. The van der Waals surface area contributed by atoms with Crippen molar-refractivity contribution in [1.82, 2.24) is 19.5 Å². The molecule has 1 aromatic rings. The monoisotopic (exact) mass is 320 g/mol. The second-order valence-electron chi connectivity index (χ2n) is 4.97. The van der Waals surface area contributed by atoms with Gasteiger partial charge in [0.05, 0.1) is 0 Å². The molecule has 0 aromatic carbocycles. The first-order chi connectivity index (χ1) is 9.38. The molecule has 0 radical (unpaired) electrons. The number of rotatable bonds is 5. The second kappa shape index (κ2) is 6.35. The van der Waals surface area contributed by atoms with E-state index in [1.54, 1.807) is 6.92 Å². The van der Waals surface area contributed by atoms with Gasteiger partial charge in [-0.25, -0.2) is 13.1 Å².